The third-order valence-electron chi connectivity index (χ3n) is 5.57. The summed E-state index contributed by atoms with van der Waals surface area (Å²) >= 11 is 0. The van der Waals surface area contributed by atoms with Gasteiger partial charge in [0.1, 0.15) is 23.9 Å². The van der Waals surface area contributed by atoms with E-state index in [1.807, 2.05) is 5.32 Å². The highest BCUT2D eigenvalue weighted by Gasteiger charge is 2.29. The zero-order valence-corrected chi connectivity index (χ0v) is 21.9. The van der Waals surface area contributed by atoms with Crippen LogP contribution in [0.5, 0.6) is 5.75 Å². The number of carboxylic acids is 2. The van der Waals surface area contributed by atoms with E-state index in [2.05, 4.69) is 16.0 Å². The first-order valence-corrected chi connectivity index (χ1v) is 12.3. The molecule has 0 spiro atoms. The van der Waals surface area contributed by atoms with Gasteiger partial charge in [0.2, 0.25) is 29.5 Å². The van der Waals surface area contributed by atoms with Crippen LogP contribution in [0.25, 0.3) is 0 Å². The number of carboxylic acid groups (broad SMARTS) is 2. The molecule has 0 heterocycles. The van der Waals surface area contributed by atoms with Crippen molar-refractivity contribution in [3.8, 4) is 5.75 Å². The van der Waals surface area contributed by atoms with E-state index in [1.165, 1.54) is 24.3 Å². The Bertz CT molecular complexity index is 1110. The molecule has 0 aliphatic carbocycles. The van der Waals surface area contributed by atoms with E-state index in [4.69, 9.17) is 26.8 Å². The van der Waals surface area contributed by atoms with Gasteiger partial charge in [0.25, 0.3) is 0 Å². The van der Waals surface area contributed by atoms with Crippen molar-refractivity contribution in [2.45, 2.75) is 56.3 Å². The van der Waals surface area contributed by atoms with E-state index < -0.39 is 85.2 Å². The lowest BCUT2D eigenvalue weighted by molar-refractivity contribution is -0.143. The van der Waals surface area contributed by atoms with Crippen LogP contribution in [0.4, 0.5) is 0 Å². The van der Waals surface area contributed by atoms with Gasteiger partial charge in [-0.05, 0) is 30.5 Å². The number of aliphatic carboxylic acids is 2. The maximum absolute atomic E-state index is 13.1. The van der Waals surface area contributed by atoms with Gasteiger partial charge in [0.05, 0.1) is 19.2 Å². The van der Waals surface area contributed by atoms with E-state index in [-0.39, 0.29) is 31.4 Å². The van der Waals surface area contributed by atoms with Crippen molar-refractivity contribution < 1.29 is 54.0 Å². The first kappa shape index (κ1) is 34.3. The highest BCUT2D eigenvalue weighted by Crippen LogP contribution is 2.12. The second kappa shape index (κ2) is 17.0. The summed E-state index contributed by atoms with van der Waals surface area (Å²) in [5.41, 5.74) is 11.3. The number of carbonyl (C=O) groups excluding carboxylic acids is 5. The Morgan fingerprint density at radius 3 is 1.93 bits per heavy atom. The second-order valence-electron chi connectivity index (χ2n) is 8.90. The fourth-order valence-electron chi connectivity index (χ4n) is 3.31. The SMILES string of the molecule is NC(=O)CC[C@H](NC(=O)[C@@H](N)CCC(=O)O)C(=O)N[C@@H](Cc1ccc(O)cc1)C(=O)NCC(=O)N[C@@H](CO)C(=O)O. The molecular weight excluding hydrogens is 548 g/mol. The van der Waals surface area contributed by atoms with Crippen LogP contribution in [0, 0.1) is 0 Å². The first-order chi connectivity index (χ1) is 19.2. The zero-order valence-electron chi connectivity index (χ0n) is 21.9. The summed E-state index contributed by atoms with van der Waals surface area (Å²) in [4.78, 5) is 83.7. The van der Waals surface area contributed by atoms with Crippen LogP contribution in [-0.4, -0.2) is 99.2 Å². The summed E-state index contributed by atoms with van der Waals surface area (Å²) in [5, 5.41) is 45.2. The number of primary amides is 1. The maximum atomic E-state index is 13.1. The van der Waals surface area contributed by atoms with E-state index in [1.54, 1.807) is 0 Å². The van der Waals surface area contributed by atoms with Crippen LogP contribution in [0.1, 0.15) is 31.2 Å². The third kappa shape index (κ3) is 13.2. The third-order valence-corrected chi connectivity index (χ3v) is 5.57. The van der Waals surface area contributed by atoms with Gasteiger partial charge in [0, 0.05) is 19.3 Å². The van der Waals surface area contributed by atoms with E-state index in [0.29, 0.717) is 5.56 Å². The number of aliphatic hydroxyl groups excluding tert-OH is 1. The van der Waals surface area contributed by atoms with Crippen LogP contribution in [0.3, 0.4) is 0 Å². The number of phenols is 1. The van der Waals surface area contributed by atoms with Crippen LogP contribution in [-0.2, 0) is 40.0 Å². The van der Waals surface area contributed by atoms with Crippen molar-refractivity contribution in [2.75, 3.05) is 13.2 Å². The van der Waals surface area contributed by atoms with Crippen molar-refractivity contribution in [3.63, 3.8) is 0 Å². The Morgan fingerprint density at radius 1 is 0.780 bits per heavy atom. The Balaban J connectivity index is 3.07. The second-order valence-corrected chi connectivity index (χ2v) is 8.90. The zero-order chi connectivity index (χ0) is 31.1. The van der Waals surface area contributed by atoms with Crippen molar-refractivity contribution >= 4 is 41.5 Å². The summed E-state index contributed by atoms with van der Waals surface area (Å²) < 4.78 is 0. The van der Waals surface area contributed by atoms with Gasteiger partial charge in [-0.3, -0.25) is 28.8 Å². The first-order valence-electron chi connectivity index (χ1n) is 12.3. The highest BCUT2D eigenvalue weighted by molar-refractivity contribution is 5.95. The van der Waals surface area contributed by atoms with Crippen LogP contribution >= 0.6 is 0 Å². The van der Waals surface area contributed by atoms with E-state index in [9.17, 15) is 38.7 Å². The Kier molecular flexibility index (Phi) is 14.2. The number of phenolic OH excluding ortho intramolecular Hbond substituents is 1. The Hall–Kier alpha value is -4.77. The van der Waals surface area contributed by atoms with Crippen LogP contribution in [0.2, 0.25) is 0 Å². The normalized spacial score (nSPS) is 13.5. The number of nitrogens with one attached hydrogen (secondary N) is 4. The van der Waals surface area contributed by atoms with E-state index >= 15 is 0 Å². The van der Waals surface area contributed by atoms with Gasteiger partial charge in [-0.25, -0.2) is 4.79 Å². The molecule has 4 atom stereocenters. The molecule has 0 saturated heterocycles. The van der Waals surface area contributed by atoms with Crippen molar-refractivity contribution in [1.82, 2.24) is 21.3 Å². The monoisotopic (exact) mass is 582 g/mol. The van der Waals surface area contributed by atoms with Crippen molar-refractivity contribution in [3.05, 3.63) is 29.8 Å². The number of aliphatic hydroxyl groups is 1. The molecule has 1 aromatic carbocycles. The molecule has 0 aliphatic heterocycles. The summed E-state index contributed by atoms with van der Waals surface area (Å²) in [7, 11) is 0. The number of carbonyl (C=O) groups is 7. The predicted octanol–water partition coefficient (Wildman–Crippen LogP) is -3.96. The Labute approximate surface area is 233 Å². The molecule has 5 amide bonds. The average molecular weight is 583 g/mol. The molecule has 0 aliphatic rings. The topological polar surface area (TPSA) is 301 Å². The molecule has 41 heavy (non-hydrogen) atoms. The molecule has 1 rings (SSSR count). The summed E-state index contributed by atoms with van der Waals surface area (Å²) in [6.07, 6.45) is -1.44. The molecule has 17 nitrogen and oxygen atoms in total. The number of hydrogen-bond donors (Lipinski definition) is 10. The fraction of sp³-hybridized carbons (Fsp3) is 0.458. The maximum Gasteiger partial charge on any atom is 0.328 e. The fourth-order valence-corrected chi connectivity index (χ4v) is 3.31. The number of aromatic hydroxyl groups is 1. The molecule has 0 unspecified atom stereocenters. The molecule has 0 aromatic heterocycles. The summed E-state index contributed by atoms with van der Waals surface area (Å²) in [6, 6.07) is -0.112. The van der Waals surface area contributed by atoms with Gasteiger partial charge in [-0.15, -0.1) is 0 Å². The lowest BCUT2D eigenvalue weighted by atomic mass is 10.0. The molecule has 0 fully saturated rings. The number of hydrogen-bond acceptors (Lipinski definition) is 10. The van der Waals surface area contributed by atoms with E-state index in [0.717, 1.165) is 0 Å². The Morgan fingerprint density at radius 2 is 1.39 bits per heavy atom. The molecule has 0 radical (unpaired) electrons. The van der Waals surface area contributed by atoms with Gasteiger partial charge in [0.15, 0.2) is 0 Å². The smallest absolute Gasteiger partial charge is 0.328 e. The molecule has 12 N–H and O–H groups in total. The minimum absolute atomic E-state index is 0.0687. The molecule has 0 bridgehead atoms. The quantitative estimate of drug-likeness (QED) is 0.0793. The number of rotatable bonds is 18. The lowest BCUT2D eigenvalue weighted by Crippen LogP contribution is -2.57. The number of amides is 5. The van der Waals surface area contributed by atoms with Crippen molar-refractivity contribution in [2.24, 2.45) is 11.5 Å². The molecular formula is C24H34N6O11. The molecule has 0 saturated carbocycles. The highest BCUT2D eigenvalue weighted by atomic mass is 16.4. The number of benzene rings is 1. The summed E-state index contributed by atoms with van der Waals surface area (Å²) in [5.74, 6) is -7.21. The number of nitrogens with two attached hydrogens (primary N) is 2. The molecule has 17 heteroatoms. The van der Waals surface area contributed by atoms with Gasteiger partial charge >= 0.3 is 11.9 Å². The van der Waals surface area contributed by atoms with Crippen LogP contribution < -0.4 is 32.7 Å². The predicted molar refractivity (Wildman–Crippen MR) is 139 cm³/mol. The van der Waals surface area contributed by atoms with Gasteiger partial charge < -0.3 is 53.2 Å². The van der Waals surface area contributed by atoms with Gasteiger partial charge in [-0.2, -0.15) is 0 Å². The average Bonchev–Trinajstić information content (AvgIpc) is 2.91. The molecule has 226 valence electrons. The molecule has 1 aromatic rings. The lowest BCUT2D eigenvalue weighted by Gasteiger charge is -2.24. The van der Waals surface area contributed by atoms with Crippen molar-refractivity contribution in [1.29, 1.82) is 0 Å². The minimum Gasteiger partial charge on any atom is -0.508 e. The summed E-state index contributed by atoms with van der Waals surface area (Å²) in [6.45, 7) is -1.61. The standard InChI is InChI=1S/C24H34N6O11/c25-14(5-8-20(35)36)21(37)29-15(6-7-18(26)33)23(39)30-16(9-12-1-3-13(32)4-2-12)22(38)27-10-19(34)28-17(11-31)24(40)41/h1-4,14-17,31-32H,5-11,25H2,(H2,26,33)(H,27,38)(H,28,34)(H,29,37)(H,30,39)(H,35,36)(H,40,41)/t14-,15-,16-,17-/m0/s1. The largest absolute Gasteiger partial charge is 0.508 e. The van der Waals surface area contributed by atoms with Gasteiger partial charge in [-0.1, -0.05) is 12.1 Å². The van der Waals surface area contributed by atoms with Crippen LogP contribution in [0.15, 0.2) is 24.3 Å². The minimum atomic E-state index is -1.61.